The van der Waals surface area contributed by atoms with E-state index in [9.17, 15) is 4.79 Å². The lowest BCUT2D eigenvalue weighted by Crippen LogP contribution is -2.21. The third-order valence-corrected chi connectivity index (χ3v) is 5.25. The van der Waals surface area contributed by atoms with E-state index >= 15 is 0 Å². The molecule has 1 amide bonds. The molecule has 112 valence electrons. The second-order valence-corrected chi connectivity index (χ2v) is 7.05. The van der Waals surface area contributed by atoms with Crippen molar-refractivity contribution in [1.82, 2.24) is 5.43 Å². The standard InChI is InChI=1S/C17H21BrN2O/c18-13-9-7-12(8-10-13)11-19-20-17(21)16-14-5-3-1-2-4-6-15(14)16/h7-11,14-16H,1-6H2,(H,20,21)/t14-,15+,16?. The minimum Gasteiger partial charge on any atom is -0.273 e. The first kappa shape index (κ1) is 14.8. The van der Waals surface area contributed by atoms with Gasteiger partial charge in [-0.1, -0.05) is 53.7 Å². The molecule has 0 bridgehead atoms. The largest absolute Gasteiger partial charge is 0.273 e. The first-order valence-electron chi connectivity index (χ1n) is 7.84. The van der Waals surface area contributed by atoms with Crippen molar-refractivity contribution in [3.05, 3.63) is 34.3 Å². The minimum absolute atomic E-state index is 0.111. The average molecular weight is 349 g/mol. The van der Waals surface area contributed by atoms with Crippen molar-refractivity contribution >= 4 is 28.1 Å². The number of rotatable bonds is 3. The number of carbonyl (C=O) groups is 1. The number of nitrogens with zero attached hydrogens (tertiary/aromatic N) is 1. The van der Waals surface area contributed by atoms with Crippen LogP contribution in [0.5, 0.6) is 0 Å². The highest BCUT2D eigenvalue weighted by molar-refractivity contribution is 9.10. The van der Waals surface area contributed by atoms with Crippen molar-refractivity contribution < 1.29 is 4.79 Å². The van der Waals surface area contributed by atoms with Gasteiger partial charge >= 0.3 is 0 Å². The Morgan fingerprint density at radius 3 is 2.33 bits per heavy atom. The molecule has 3 nitrogen and oxygen atoms in total. The average Bonchev–Trinajstić information content (AvgIpc) is 3.12. The van der Waals surface area contributed by atoms with Gasteiger partial charge in [-0.05, 0) is 42.4 Å². The quantitative estimate of drug-likeness (QED) is 0.647. The monoisotopic (exact) mass is 348 g/mol. The zero-order chi connectivity index (χ0) is 14.7. The summed E-state index contributed by atoms with van der Waals surface area (Å²) in [5.74, 6) is 1.56. The molecule has 3 atom stereocenters. The molecule has 4 heteroatoms. The molecule has 0 aliphatic heterocycles. The van der Waals surface area contributed by atoms with Crippen LogP contribution in [-0.2, 0) is 4.79 Å². The number of fused-ring (bicyclic) bond motifs is 1. The summed E-state index contributed by atoms with van der Waals surface area (Å²) in [5, 5.41) is 4.10. The minimum atomic E-state index is 0.111. The maximum absolute atomic E-state index is 12.2. The van der Waals surface area contributed by atoms with Crippen molar-refractivity contribution in [1.29, 1.82) is 0 Å². The number of benzene rings is 1. The van der Waals surface area contributed by atoms with E-state index in [0.717, 1.165) is 10.0 Å². The van der Waals surface area contributed by atoms with Crippen LogP contribution in [0.3, 0.4) is 0 Å². The van der Waals surface area contributed by atoms with E-state index in [0.29, 0.717) is 11.8 Å². The maximum Gasteiger partial charge on any atom is 0.243 e. The third kappa shape index (κ3) is 3.73. The smallest absolute Gasteiger partial charge is 0.243 e. The van der Waals surface area contributed by atoms with Gasteiger partial charge in [-0.15, -0.1) is 0 Å². The number of amides is 1. The van der Waals surface area contributed by atoms with E-state index in [2.05, 4.69) is 26.5 Å². The van der Waals surface area contributed by atoms with E-state index in [1.54, 1.807) is 6.21 Å². The summed E-state index contributed by atoms with van der Waals surface area (Å²) in [7, 11) is 0. The zero-order valence-corrected chi connectivity index (χ0v) is 13.7. The Bertz CT molecular complexity index is 512. The second-order valence-electron chi connectivity index (χ2n) is 6.13. The lowest BCUT2D eigenvalue weighted by molar-refractivity contribution is -0.122. The molecule has 0 aromatic heterocycles. The van der Waals surface area contributed by atoms with Crippen molar-refractivity contribution in [3.63, 3.8) is 0 Å². The van der Waals surface area contributed by atoms with Gasteiger partial charge in [0.1, 0.15) is 0 Å². The molecule has 1 unspecified atom stereocenters. The molecule has 1 aromatic carbocycles. The number of carbonyl (C=O) groups excluding carboxylic acids is 1. The van der Waals surface area contributed by atoms with Gasteiger partial charge in [-0.3, -0.25) is 4.79 Å². The van der Waals surface area contributed by atoms with Crippen LogP contribution < -0.4 is 5.43 Å². The van der Waals surface area contributed by atoms with E-state index < -0.39 is 0 Å². The van der Waals surface area contributed by atoms with Crippen molar-refractivity contribution in [2.24, 2.45) is 22.9 Å². The van der Waals surface area contributed by atoms with Crippen LogP contribution in [-0.4, -0.2) is 12.1 Å². The van der Waals surface area contributed by atoms with Gasteiger partial charge < -0.3 is 0 Å². The predicted molar refractivity (Wildman–Crippen MR) is 88.1 cm³/mol. The molecule has 21 heavy (non-hydrogen) atoms. The molecule has 0 saturated heterocycles. The Hall–Kier alpha value is -1.16. The molecule has 3 rings (SSSR count). The van der Waals surface area contributed by atoms with Crippen LogP contribution in [0.4, 0.5) is 0 Å². The molecule has 0 radical (unpaired) electrons. The van der Waals surface area contributed by atoms with E-state index in [4.69, 9.17) is 0 Å². The van der Waals surface area contributed by atoms with Gasteiger partial charge in [0.05, 0.1) is 6.21 Å². The lowest BCUT2D eigenvalue weighted by Gasteiger charge is -2.04. The molecular formula is C17H21BrN2O. The molecule has 0 spiro atoms. The van der Waals surface area contributed by atoms with Crippen LogP contribution in [0.25, 0.3) is 0 Å². The Morgan fingerprint density at radius 2 is 1.71 bits per heavy atom. The SMILES string of the molecule is O=C(NN=Cc1ccc(Br)cc1)C1[C@H]2CCCCCC[C@@H]12. The fraction of sp³-hybridized carbons (Fsp3) is 0.529. The maximum atomic E-state index is 12.2. The Kier molecular flexibility index (Phi) is 4.73. The number of hydrogen-bond donors (Lipinski definition) is 1. The summed E-state index contributed by atoms with van der Waals surface area (Å²) >= 11 is 3.40. The highest BCUT2D eigenvalue weighted by Crippen LogP contribution is 2.53. The fourth-order valence-corrected chi connectivity index (χ4v) is 3.79. The topological polar surface area (TPSA) is 41.5 Å². The summed E-state index contributed by atoms with van der Waals surface area (Å²) < 4.78 is 1.04. The van der Waals surface area contributed by atoms with Gasteiger partial charge in [-0.2, -0.15) is 5.10 Å². The van der Waals surface area contributed by atoms with Crippen molar-refractivity contribution in [2.45, 2.75) is 38.5 Å². The summed E-state index contributed by atoms with van der Waals surface area (Å²) in [5.41, 5.74) is 3.71. The number of hydrazone groups is 1. The van der Waals surface area contributed by atoms with Gasteiger partial charge in [0.2, 0.25) is 5.91 Å². The Morgan fingerprint density at radius 1 is 1.10 bits per heavy atom. The first-order chi connectivity index (χ1) is 10.3. The van der Waals surface area contributed by atoms with Gasteiger partial charge in [0.25, 0.3) is 0 Å². The highest BCUT2D eigenvalue weighted by Gasteiger charge is 2.53. The van der Waals surface area contributed by atoms with Gasteiger partial charge in [0.15, 0.2) is 0 Å². The predicted octanol–water partition coefficient (Wildman–Crippen LogP) is 4.12. The molecule has 0 heterocycles. The summed E-state index contributed by atoms with van der Waals surface area (Å²) in [6.45, 7) is 0. The summed E-state index contributed by atoms with van der Waals surface area (Å²) in [4.78, 5) is 12.2. The van der Waals surface area contributed by atoms with Crippen molar-refractivity contribution in [2.75, 3.05) is 0 Å². The zero-order valence-electron chi connectivity index (χ0n) is 12.1. The number of nitrogens with one attached hydrogen (secondary N) is 1. The summed E-state index contributed by atoms with van der Waals surface area (Å²) in [6, 6.07) is 7.85. The van der Waals surface area contributed by atoms with Gasteiger partial charge in [-0.25, -0.2) is 5.43 Å². The van der Waals surface area contributed by atoms with E-state index in [1.807, 2.05) is 24.3 Å². The van der Waals surface area contributed by atoms with Crippen LogP contribution in [0.1, 0.15) is 44.1 Å². The lowest BCUT2D eigenvalue weighted by atomic mass is 10.0. The molecule has 2 fully saturated rings. The first-order valence-corrected chi connectivity index (χ1v) is 8.63. The molecule has 1 N–H and O–H groups in total. The Balaban J connectivity index is 1.51. The van der Waals surface area contributed by atoms with E-state index in [1.165, 1.54) is 38.5 Å². The van der Waals surface area contributed by atoms with Crippen LogP contribution in [0.15, 0.2) is 33.8 Å². The third-order valence-electron chi connectivity index (χ3n) is 4.72. The van der Waals surface area contributed by atoms with Crippen LogP contribution in [0.2, 0.25) is 0 Å². The molecule has 2 aliphatic carbocycles. The van der Waals surface area contributed by atoms with Crippen LogP contribution >= 0.6 is 15.9 Å². The van der Waals surface area contributed by atoms with Crippen molar-refractivity contribution in [3.8, 4) is 0 Å². The molecule has 2 saturated carbocycles. The Labute approximate surface area is 134 Å². The van der Waals surface area contributed by atoms with Crippen LogP contribution in [0, 0.1) is 17.8 Å². The second kappa shape index (κ2) is 6.73. The van der Waals surface area contributed by atoms with Gasteiger partial charge in [0, 0.05) is 10.4 Å². The number of halogens is 1. The van der Waals surface area contributed by atoms with E-state index in [-0.39, 0.29) is 11.8 Å². The summed E-state index contributed by atoms with van der Waals surface area (Å²) in [6.07, 6.45) is 9.38. The molecule has 2 aliphatic rings. The molecule has 1 aromatic rings. The fourth-order valence-electron chi connectivity index (χ4n) is 3.53. The normalized spacial score (nSPS) is 28.5. The molecular weight excluding hydrogens is 328 g/mol. The number of hydrogen-bond acceptors (Lipinski definition) is 2. The highest BCUT2D eigenvalue weighted by atomic mass is 79.9.